The van der Waals surface area contributed by atoms with Crippen molar-refractivity contribution in [3.05, 3.63) is 299 Å². The quantitative estimate of drug-likeness (QED) is 0.00232. The van der Waals surface area contributed by atoms with E-state index in [-0.39, 0.29) is 117 Å². The van der Waals surface area contributed by atoms with Gasteiger partial charge in [-0.15, -0.1) is 37.3 Å². The number of carboxylic acids is 4. The van der Waals surface area contributed by atoms with Crippen molar-refractivity contribution < 1.29 is 128 Å². The Kier molecular flexibility index (Phi) is 51.8. The summed E-state index contributed by atoms with van der Waals surface area (Å²) < 4.78 is 13.0. The first kappa shape index (κ1) is 110. The van der Waals surface area contributed by atoms with Gasteiger partial charge in [-0.2, -0.15) is 0 Å². The molecule has 0 spiro atoms. The van der Waals surface area contributed by atoms with Crippen molar-refractivity contribution in [2.24, 2.45) is 15.4 Å². The number of hydrogen-bond donors (Lipinski definition) is 9. The molecule has 2 heterocycles. The molecule has 0 bridgehead atoms. The summed E-state index contributed by atoms with van der Waals surface area (Å²) in [4.78, 5) is 107. The summed E-state index contributed by atoms with van der Waals surface area (Å²) in [5, 5.41) is 67.5. The maximum atomic E-state index is 13.4. The Morgan fingerprint density at radius 3 is 1.39 bits per heavy atom. The number of rotatable bonds is 30. The van der Waals surface area contributed by atoms with Gasteiger partial charge in [-0.1, -0.05) is 259 Å². The minimum Gasteiger partial charge on any atom is -0.828 e. The number of thiol groups is 1. The molecule has 8 aromatic rings. The van der Waals surface area contributed by atoms with Crippen molar-refractivity contribution >= 4 is 135 Å². The molecule has 3 amide bonds. The number of aliphatic hydroxyl groups excluding tert-OH is 2. The average Bonchev–Trinajstić information content (AvgIpc) is 1.63. The number of alkyl halides is 1. The molecular weight excluding hydrogens is 1820 g/mol. The Morgan fingerprint density at radius 2 is 1.03 bits per heavy atom. The van der Waals surface area contributed by atoms with E-state index in [4.69, 9.17) is 27.4 Å². The monoisotopic (exact) mass is 1920 g/mol. The fourth-order valence-corrected chi connectivity index (χ4v) is 12.1. The first-order valence-corrected chi connectivity index (χ1v) is 41.2. The fourth-order valence-electron chi connectivity index (χ4n) is 12.0. The molecule has 0 saturated carbocycles. The van der Waals surface area contributed by atoms with E-state index in [1.54, 1.807) is 49.6 Å². The van der Waals surface area contributed by atoms with Crippen LogP contribution in [-0.4, -0.2) is 200 Å². The van der Waals surface area contributed by atoms with Gasteiger partial charge >= 0.3 is 79.4 Å². The molecule has 8 aromatic carbocycles. The summed E-state index contributed by atoms with van der Waals surface area (Å²) in [5.41, 5.74) is 6.65. The van der Waals surface area contributed by atoms with Gasteiger partial charge in [0.2, 0.25) is 0 Å². The normalized spacial score (nSPS) is 15.2. The van der Waals surface area contributed by atoms with Crippen LogP contribution in [0.2, 0.25) is 0 Å². The molecule has 0 aromatic heterocycles. The number of amides is 3. The van der Waals surface area contributed by atoms with Crippen LogP contribution in [0.5, 0.6) is 0 Å². The topological polar surface area (TPSA) is 360 Å². The first-order valence-electron chi connectivity index (χ1n) is 38.5. The predicted molar refractivity (Wildman–Crippen MR) is 487 cm³/mol. The summed E-state index contributed by atoms with van der Waals surface area (Å²) in [6.45, 7) is 18.0. The number of alkyl carbamates (subject to hydrolysis) is 1. The molecule has 11 rings (SSSR count). The summed E-state index contributed by atoms with van der Waals surface area (Å²) >= 11 is 11.1. The van der Waals surface area contributed by atoms with Crippen molar-refractivity contribution in [1.82, 2.24) is 19.8 Å². The number of likely N-dealkylation sites (tertiary alicyclic amines) is 2. The van der Waals surface area contributed by atoms with E-state index in [2.05, 4.69) is 128 Å². The molecular formula is C90H104B2BrN8Ni3O16PS2+2. The van der Waals surface area contributed by atoms with E-state index in [1.165, 1.54) is 46.3 Å². The molecule has 658 valence electrons. The summed E-state index contributed by atoms with van der Waals surface area (Å²) in [6.07, 6.45) is 7.56. The summed E-state index contributed by atoms with van der Waals surface area (Å²) in [6, 6.07) is 67.3. The maximum Gasteiger partial charge on any atom is 2.00 e. The Bertz CT molecular complexity index is 4660. The van der Waals surface area contributed by atoms with E-state index < -0.39 is 59.1 Å². The third kappa shape index (κ3) is 36.1. The molecule has 7 atom stereocenters. The number of hydrogen-bond acceptors (Lipinski definition) is 19. The number of allylic oxidation sites excluding steroid dienone is 1. The SMILES string of the molecule is C=CCBr.C=CCOC[C@](C)(NC(=O)OCC1c2ccccc2-c2ccccc21)C(=O)O.CC(C)(CO)C(=O)O.CC([C-]=O)NS.C[C@@](CO)(N=C(c1ccccc1)c1ccccc1[N-]C(=O)C1CCCN1Cc1ccccc1)C(=O)O.C[C@H](N=C(c1ccccc1)c1ccccc1[N-]C(=O)C1CCCN1Cc1ccccc1)C(=O)O.[B]B(P)[S-].[Ni+2].[Ni+2].[Ni+2]. The second-order valence-corrected chi connectivity index (χ2v) is 31.4. The average molecular weight is 1930 g/mol. The Labute approximate surface area is 774 Å². The van der Waals surface area contributed by atoms with Gasteiger partial charge in [-0.05, 0) is 131 Å². The largest absolute Gasteiger partial charge is 2.00 e. The minimum absolute atomic E-state index is 0. The molecule has 2 aliphatic heterocycles. The maximum absolute atomic E-state index is 13.4. The van der Waals surface area contributed by atoms with Gasteiger partial charge in [0.1, 0.15) is 12.6 Å². The molecule has 2 saturated heterocycles. The fraction of sp³-hybridized carbons (Fsp3) is 0.311. The van der Waals surface area contributed by atoms with E-state index >= 15 is 0 Å². The summed E-state index contributed by atoms with van der Waals surface area (Å²) in [7, 11) is 7.14. The number of aliphatic imine (C=N–C) groups is 2. The van der Waals surface area contributed by atoms with Crippen molar-refractivity contribution in [3.8, 4) is 11.1 Å². The molecule has 3 aliphatic rings. The standard InChI is InChI=1S/C29H31N3O4.C28H29N3O3.C22H23NO5.C5H10O3.C3H5Br.C3H6NOS.B2H2PS.3Ni/c1-29(20-33,28(35)36)31-26(22-13-6-3-7-14-22)23-15-8-9-16-24(23)30-27(34)25-17-10-18-32(25)19-21-11-4-2-5-12-21;1-20(28(33)34)29-26(22-13-6-3-7-14-22)23-15-8-9-16-24(23)30-27(32)25-17-10-18-31(25)19-21-11-4-2-5-12-21;1-3-12-27-14-22(2,20(24)25)23-21(26)28-13-19-17-10-6-4-8-15(17)16-9-5-7-11-18(16)19;1-5(2,3-6)4(7)8;1-2-3-4;1-3(2-5)4-6;1-2(3)4;;;/h2-9,11-16,25,33H,10,17-20H2,1H3,(H2,30,31,34,35,36);2-9,11-16,20,25H,10,17-19H2,1H3,(H2,29,30,32,33,34);3-11,19H,1,12-14H2,2H3,(H,23,26)(H,24,25);6H,3H2,1-2H3,(H,7,8);2H,1,3H2;3-4,6H,1H3;3H2;;;/q;;;;;2*-1;3*+2/p-2/t25?,29-;20-,25?;22-;;;;;;;/m000......./s1. The van der Waals surface area contributed by atoms with Gasteiger partial charge in [0.25, 0.3) is 0 Å². The number of carbonyl (C=O) groups excluding carboxylic acids is 4. The summed E-state index contributed by atoms with van der Waals surface area (Å²) in [5.74, 6) is -4.93. The molecule has 33 heteroatoms. The number of ether oxygens (including phenoxy) is 2. The van der Waals surface area contributed by atoms with E-state index in [0.717, 1.165) is 77.5 Å². The number of benzene rings is 8. The van der Waals surface area contributed by atoms with Crippen molar-refractivity contribution in [2.75, 3.05) is 51.5 Å². The van der Waals surface area contributed by atoms with Crippen LogP contribution in [0.4, 0.5) is 16.2 Å². The third-order valence-corrected chi connectivity index (χ3v) is 19.6. The molecule has 2 radical (unpaired) electrons. The van der Waals surface area contributed by atoms with Crippen LogP contribution in [0.3, 0.4) is 0 Å². The molecule has 8 N–H and O–H groups in total. The zero-order valence-electron chi connectivity index (χ0n) is 69.0. The number of nitrogens with one attached hydrogen (secondary N) is 2. The zero-order chi connectivity index (χ0) is 88.4. The molecule has 123 heavy (non-hydrogen) atoms. The van der Waals surface area contributed by atoms with Crippen LogP contribution < -0.4 is 10.0 Å². The molecule has 4 unspecified atom stereocenters. The van der Waals surface area contributed by atoms with Gasteiger partial charge in [0.05, 0.1) is 67.2 Å². The van der Waals surface area contributed by atoms with Crippen LogP contribution >= 0.6 is 37.9 Å². The van der Waals surface area contributed by atoms with Crippen LogP contribution in [0, 0.1) is 5.41 Å². The number of halogens is 1. The number of fused-ring (bicyclic) bond motifs is 3. The molecule has 1 aliphatic carbocycles. The second-order valence-electron chi connectivity index (χ2n) is 28.7. The smallest absolute Gasteiger partial charge is 0.828 e. The predicted octanol–water partition coefficient (Wildman–Crippen LogP) is 14.5. The first-order chi connectivity index (χ1) is 57.4. The van der Waals surface area contributed by atoms with Gasteiger partial charge < -0.3 is 82.9 Å². The van der Waals surface area contributed by atoms with Crippen molar-refractivity contribution in [1.29, 1.82) is 0 Å². The van der Waals surface area contributed by atoms with E-state index in [0.29, 0.717) is 52.6 Å². The number of carbonyl (C=O) groups is 7. The van der Waals surface area contributed by atoms with Crippen LogP contribution in [0.25, 0.3) is 21.8 Å². The number of aliphatic carboxylic acids is 4. The number of nitrogens with zero attached hydrogens (tertiary/aromatic N) is 6. The number of para-hydroxylation sites is 2. The second kappa shape index (κ2) is 57.8. The number of carboxylic acid groups (broad SMARTS) is 4. The van der Waals surface area contributed by atoms with Gasteiger partial charge in [0.15, 0.2) is 11.1 Å². The van der Waals surface area contributed by atoms with Crippen LogP contribution in [-0.2, 0) is 118 Å². The van der Waals surface area contributed by atoms with E-state index in [1.807, 2.05) is 164 Å². The van der Waals surface area contributed by atoms with Crippen molar-refractivity contribution in [3.63, 3.8) is 0 Å². The van der Waals surface area contributed by atoms with Crippen molar-refractivity contribution in [2.45, 2.75) is 121 Å². The zero-order valence-corrected chi connectivity index (χ0v) is 76.4. The molecule has 2 fully saturated rings. The van der Waals surface area contributed by atoms with E-state index in [9.17, 15) is 58.8 Å². The van der Waals surface area contributed by atoms with Crippen LogP contribution in [0.15, 0.2) is 254 Å². The minimum atomic E-state index is -1.75. The van der Waals surface area contributed by atoms with Crippen LogP contribution in [0.1, 0.15) is 118 Å². The van der Waals surface area contributed by atoms with Gasteiger partial charge in [-0.25, -0.2) is 34.6 Å². The third-order valence-electron chi connectivity index (χ3n) is 18.7. The number of aliphatic hydroxyl groups is 2. The molecule has 24 nitrogen and oxygen atoms in total. The Balaban J connectivity index is 0.000000551. The Morgan fingerprint density at radius 1 is 0.634 bits per heavy atom. The Hall–Kier alpha value is -8.68. The van der Waals surface area contributed by atoms with Gasteiger partial charge in [0, 0.05) is 35.5 Å². The van der Waals surface area contributed by atoms with Gasteiger partial charge in [-0.3, -0.25) is 29.3 Å².